The van der Waals surface area contributed by atoms with Gasteiger partial charge in [-0.1, -0.05) is 127 Å². The van der Waals surface area contributed by atoms with E-state index in [2.05, 4.69) is 191 Å². The SMILES string of the molecule is c1ccc(C2N=C(c3ccc4sc5cccc(-c6cccc7c6oc6cc(-n8c9ccccc9c9ccccc98)ccc67)c5c4c3)NC(c3ccccc3)N2)cc1. The molecule has 0 amide bonds. The molecule has 1 aliphatic heterocycles. The van der Waals surface area contributed by atoms with E-state index in [0.29, 0.717) is 0 Å². The molecule has 0 saturated carbocycles. The van der Waals surface area contributed by atoms with Gasteiger partial charge in [0, 0.05) is 64.6 Å². The number of hydrogen-bond acceptors (Lipinski definition) is 5. The second-order valence-corrected chi connectivity index (χ2v) is 15.9. The van der Waals surface area contributed by atoms with Crippen LogP contribution in [0.15, 0.2) is 191 Å². The molecule has 3 aromatic heterocycles. The summed E-state index contributed by atoms with van der Waals surface area (Å²) in [6.07, 6.45) is -0.296. The van der Waals surface area contributed by atoms with Gasteiger partial charge in [0.15, 0.2) is 0 Å². The van der Waals surface area contributed by atoms with Gasteiger partial charge in [0.05, 0.1) is 11.0 Å². The molecule has 12 rings (SSSR count). The van der Waals surface area contributed by atoms with Crippen LogP contribution in [0.2, 0.25) is 0 Å². The minimum atomic E-state index is -0.195. The van der Waals surface area contributed by atoms with E-state index in [0.717, 1.165) is 61.3 Å². The number of benzene rings is 8. The number of rotatable bonds is 5. The van der Waals surface area contributed by atoms with Crippen LogP contribution in [0.25, 0.3) is 80.7 Å². The van der Waals surface area contributed by atoms with Crippen molar-refractivity contribution >= 4 is 81.1 Å². The molecule has 0 radical (unpaired) electrons. The fraction of sp³-hybridized carbons (Fsp3) is 0.0392. The molecule has 0 spiro atoms. The Bertz CT molecular complexity index is 3320. The van der Waals surface area contributed by atoms with E-state index in [1.807, 2.05) is 17.4 Å². The second kappa shape index (κ2) is 12.8. The summed E-state index contributed by atoms with van der Waals surface area (Å²) in [4.78, 5) is 5.26. The van der Waals surface area contributed by atoms with Gasteiger partial charge in [0.25, 0.3) is 0 Å². The van der Waals surface area contributed by atoms with E-state index in [-0.39, 0.29) is 12.3 Å². The number of aromatic nitrogens is 1. The first-order valence-electron chi connectivity index (χ1n) is 19.4. The van der Waals surface area contributed by atoms with E-state index in [1.54, 1.807) is 0 Å². The molecule has 0 fully saturated rings. The van der Waals surface area contributed by atoms with Crippen LogP contribution in [0.3, 0.4) is 0 Å². The third-order valence-corrected chi connectivity index (χ3v) is 12.6. The van der Waals surface area contributed by atoms with Gasteiger partial charge in [0.1, 0.15) is 29.3 Å². The summed E-state index contributed by atoms with van der Waals surface area (Å²) in [7, 11) is 0. The van der Waals surface area contributed by atoms with Crippen LogP contribution >= 0.6 is 11.3 Å². The van der Waals surface area contributed by atoms with Crippen LogP contribution in [-0.4, -0.2) is 10.4 Å². The zero-order chi connectivity index (χ0) is 37.5. The van der Waals surface area contributed by atoms with Crippen molar-refractivity contribution in [3.05, 3.63) is 199 Å². The Hall–Kier alpha value is -6.99. The first-order chi connectivity index (χ1) is 28.2. The first-order valence-corrected chi connectivity index (χ1v) is 20.2. The average Bonchev–Trinajstić information content (AvgIpc) is 3.96. The lowest BCUT2D eigenvalue weighted by Crippen LogP contribution is -2.44. The van der Waals surface area contributed by atoms with Crippen LogP contribution < -0.4 is 10.6 Å². The maximum atomic E-state index is 6.92. The van der Waals surface area contributed by atoms with Gasteiger partial charge in [-0.3, -0.25) is 5.32 Å². The molecule has 0 bridgehead atoms. The molecule has 5 nitrogen and oxygen atoms in total. The Balaban J connectivity index is 1.00. The topological polar surface area (TPSA) is 54.5 Å². The van der Waals surface area contributed by atoms with Crippen LogP contribution in [0, 0.1) is 0 Å². The van der Waals surface area contributed by atoms with Crippen molar-refractivity contribution in [2.75, 3.05) is 0 Å². The summed E-state index contributed by atoms with van der Waals surface area (Å²) in [5.41, 5.74) is 10.8. The molecular weight excluding hydrogens is 717 g/mol. The van der Waals surface area contributed by atoms with E-state index in [4.69, 9.17) is 9.41 Å². The molecule has 2 N–H and O–H groups in total. The van der Waals surface area contributed by atoms with Crippen LogP contribution in [0.1, 0.15) is 29.0 Å². The maximum Gasteiger partial charge on any atom is 0.143 e. The van der Waals surface area contributed by atoms with Crippen molar-refractivity contribution in [3.63, 3.8) is 0 Å². The summed E-state index contributed by atoms with van der Waals surface area (Å²) in [5.74, 6) is 0.869. The highest BCUT2D eigenvalue weighted by atomic mass is 32.1. The molecule has 0 saturated heterocycles. The molecule has 270 valence electrons. The number of thiophene rings is 1. The van der Waals surface area contributed by atoms with Crippen molar-refractivity contribution in [1.82, 2.24) is 15.2 Å². The Kier molecular flexibility index (Phi) is 7.24. The number of furan rings is 1. The largest absolute Gasteiger partial charge is 0.455 e. The number of fused-ring (bicyclic) bond motifs is 9. The number of nitrogens with one attached hydrogen (secondary N) is 2. The molecule has 57 heavy (non-hydrogen) atoms. The lowest BCUT2D eigenvalue weighted by Gasteiger charge is -2.32. The molecule has 0 aliphatic carbocycles. The highest BCUT2D eigenvalue weighted by molar-refractivity contribution is 7.26. The molecule has 4 heterocycles. The third-order valence-electron chi connectivity index (χ3n) is 11.5. The van der Waals surface area contributed by atoms with Gasteiger partial charge < -0.3 is 14.3 Å². The van der Waals surface area contributed by atoms with E-state index < -0.39 is 0 Å². The van der Waals surface area contributed by atoms with Gasteiger partial charge >= 0.3 is 0 Å². The molecule has 8 aromatic carbocycles. The lowest BCUT2D eigenvalue weighted by molar-refractivity contribution is 0.409. The van der Waals surface area contributed by atoms with Crippen molar-refractivity contribution < 1.29 is 4.42 Å². The van der Waals surface area contributed by atoms with E-state index in [9.17, 15) is 0 Å². The smallest absolute Gasteiger partial charge is 0.143 e. The van der Waals surface area contributed by atoms with Crippen molar-refractivity contribution in [1.29, 1.82) is 0 Å². The average molecular weight is 751 g/mol. The molecule has 2 atom stereocenters. The van der Waals surface area contributed by atoms with Crippen molar-refractivity contribution in [2.45, 2.75) is 12.3 Å². The predicted molar refractivity (Wildman–Crippen MR) is 238 cm³/mol. The number of hydrogen-bond donors (Lipinski definition) is 2. The summed E-state index contributed by atoms with van der Waals surface area (Å²) >= 11 is 1.83. The predicted octanol–water partition coefficient (Wildman–Crippen LogP) is 13.1. The summed E-state index contributed by atoms with van der Waals surface area (Å²) < 4.78 is 11.7. The normalized spacial score (nSPS) is 15.9. The number of nitrogens with zero attached hydrogens (tertiary/aromatic N) is 2. The maximum absolute atomic E-state index is 6.92. The van der Waals surface area contributed by atoms with Crippen LogP contribution in [0.4, 0.5) is 0 Å². The van der Waals surface area contributed by atoms with Crippen LogP contribution in [-0.2, 0) is 0 Å². The minimum Gasteiger partial charge on any atom is -0.455 e. The summed E-state index contributed by atoms with van der Waals surface area (Å²) in [5, 5.41) is 14.6. The number of amidine groups is 1. The zero-order valence-electron chi connectivity index (χ0n) is 30.7. The van der Waals surface area contributed by atoms with Gasteiger partial charge in [-0.2, -0.15) is 0 Å². The summed E-state index contributed by atoms with van der Waals surface area (Å²) in [6.45, 7) is 0. The Morgan fingerprint density at radius 3 is 2.00 bits per heavy atom. The molecule has 1 aliphatic rings. The minimum absolute atomic E-state index is 0.101. The van der Waals surface area contributed by atoms with Gasteiger partial charge in [0.2, 0.25) is 0 Å². The highest BCUT2D eigenvalue weighted by Crippen LogP contribution is 2.44. The van der Waals surface area contributed by atoms with Crippen molar-refractivity contribution in [2.24, 2.45) is 4.99 Å². The van der Waals surface area contributed by atoms with Gasteiger partial charge in [-0.25, -0.2) is 4.99 Å². The van der Waals surface area contributed by atoms with Gasteiger partial charge in [-0.05, 0) is 65.2 Å². The van der Waals surface area contributed by atoms with Crippen molar-refractivity contribution in [3.8, 4) is 16.8 Å². The fourth-order valence-corrected chi connectivity index (χ4v) is 9.98. The van der Waals surface area contributed by atoms with E-state index >= 15 is 0 Å². The van der Waals surface area contributed by atoms with E-state index in [1.165, 1.54) is 42.0 Å². The Morgan fingerprint density at radius 1 is 0.526 bits per heavy atom. The number of para-hydroxylation sites is 3. The van der Waals surface area contributed by atoms with Crippen LogP contribution in [0.5, 0.6) is 0 Å². The first kappa shape index (κ1) is 32.3. The summed E-state index contributed by atoms with van der Waals surface area (Å²) in [6, 6.07) is 64.8. The Labute approximate surface area is 332 Å². The standard InChI is InChI=1S/C51H34N4OS/c1-3-13-31(14-4-1)49-52-50(32-15-5-2-6-16-32)54-51(53-49)33-25-28-45-41(29-33)47-38(19-12-24-46(47)57-45)40-21-11-20-39-37-27-26-34(30-44(37)56-48(39)40)55-42-22-9-7-17-35(42)36-18-8-10-23-43(36)55/h1-30,49-50,52H,(H,53,54). The fourth-order valence-electron chi connectivity index (χ4n) is 8.87. The number of aliphatic imine (C=N–C) groups is 1. The lowest BCUT2D eigenvalue weighted by atomic mass is 9.97. The Morgan fingerprint density at radius 2 is 1.21 bits per heavy atom. The molecule has 6 heteroatoms. The highest BCUT2D eigenvalue weighted by Gasteiger charge is 2.26. The zero-order valence-corrected chi connectivity index (χ0v) is 31.5. The molecule has 2 unspecified atom stereocenters. The third kappa shape index (κ3) is 5.15. The molecular formula is C51H34N4OS. The monoisotopic (exact) mass is 750 g/mol. The quantitative estimate of drug-likeness (QED) is 0.184. The van der Waals surface area contributed by atoms with Gasteiger partial charge in [-0.15, -0.1) is 11.3 Å². The molecule has 11 aromatic rings. The second-order valence-electron chi connectivity index (χ2n) is 14.8.